The molecule has 0 aromatic heterocycles. The molecule has 30 heavy (non-hydrogen) atoms. The summed E-state index contributed by atoms with van der Waals surface area (Å²) in [6.45, 7) is 14.4. The molecule has 0 radical (unpaired) electrons. The van der Waals surface area contributed by atoms with Crippen LogP contribution >= 0.6 is 12.4 Å². The van der Waals surface area contributed by atoms with Crippen molar-refractivity contribution in [2.45, 2.75) is 67.5 Å². The van der Waals surface area contributed by atoms with E-state index in [2.05, 4.69) is 5.32 Å². The van der Waals surface area contributed by atoms with Crippen LogP contribution in [0, 0.1) is 10.8 Å². The fourth-order valence-electron chi connectivity index (χ4n) is 1.21. The molecule has 1 aromatic carbocycles. The maximum atomic E-state index is 10.0. The van der Waals surface area contributed by atoms with E-state index in [0.29, 0.717) is 18.2 Å². The van der Waals surface area contributed by atoms with Crippen LogP contribution in [0.5, 0.6) is 11.5 Å². The summed E-state index contributed by atoms with van der Waals surface area (Å²) in [4.78, 5) is 20.0. The first-order chi connectivity index (χ1) is 12.9. The topological polar surface area (TPSA) is 147 Å². The number of phenols is 2. The third-order valence-electron chi connectivity index (χ3n) is 3.39. The molecule has 8 nitrogen and oxygen atoms in total. The molecule has 0 saturated heterocycles. The fourth-order valence-corrected chi connectivity index (χ4v) is 1.21. The lowest BCUT2D eigenvalue weighted by molar-refractivity contribution is -0.146. The third kappa shape index (κ3) is 15.8. The van der Waals surface area contributed by atoms with E-state index in [1.54, 1.807) is 47.6 Å². The molecule has 1 aromatic rings. The largest absolute Gasteiger partial charge is 0.504 e. The van der Waals surface area contributed by atoms with Crippen LogP contribution < -0.4 is 5.32 Å². The number of hydrogen-bond donors (Lipinski definition) is 6. The van der Waals surface area contributed by atoms with Gasteiger partial charge in [0, 0.05) is 12.6 Å². The van der Waals surface area contributed by atoms with Gasteiger partial charge < -0.3 is 30.8 Å². The quantitative estimate of drug-likeness (QED) is 0.379. The summed E-state index contributed by atoms with van der Waals surface area (Å²) >= 11 is 0. The molecular weight excluding hydrogens is 414 g/mol. The zero-order valence-corrected chi connectivity index (χ0v) is 19.9. The SMILES string of the molecule is CC(C)(C)C(=O)O.CC(C)(C)C(=O)O.CC(C)NCC(O)c1ccc(O)c(O)c1.Cl. The summed E-state index contributed by atoms with van der Waals surface area (Å²) in [6.07, 6.45) is -0.682. The van der Waals surface area contributed by atoms with E-state index in [0.717, 1.165) is 0 Å². The van der Waals surface area contributed by atoms with Gasteiger partial charge in [-0.1, -0.05) is 19.9 Å². The maximum absolute atomic E-state index is 10.0. The monoisotopic (exact) mass is 451 g/mol. The Morgan fingerprint density at radius 3 is 1.53 bits per heavy atom. The van der Waals surface area contributed by atoms with Crippen molar-refractivity contribution in [2.24, 2.45) is 10.8 Å². The van der Waals surface area contributed by atoms with Gasteiger partial charge in [-0.05, 0) is 59.2 Å². The lowest BCUT2D eigenvalue weighted by Crippen LogP contribution is -2.27. The zero-order valence-electron chi connectivity index (χ0n) is 19.1. The summed E-state index contributed by atoms with van der Waals surface area (Å²) < 4.78 is 0. The molecule has 6 N–H and O–H groups in total. The second-order valence-electron chi connectivity index (χ2n) is 8.94. The first-order valence-electron chi connectivity index (χ1n) is 9.29. The van der Waals surface area contributed by atoms with Gasteiger partial charge in [0.05, 0.1) is 16.9 Å². The molecule has 1 rings (SSSR count). The Balaban J connectivity index is -0.000000411. The van der Waals surface area contributed by atoms with Gasteiger partial charge in [-0.15, -0.1) is 12.4 Å². The summed E-state index contributed by atoms with van der Waals surface area (Å²) in [6, 6.07) is 4.61. The van der Waals surface area contributed by atoms with E-state index in [4.69, 9.17) is 15.3 Å². The first-order valence-corrected chi connectivity index (χ1v) is 9.29. The predicted molar refractivity (Wildman–Crippen MR) is 119 cm³/mol. The highest BCUT2D eigenvalue weighted by Crippen LogP contribution is 2.27. The van der Waals surface area contributed by atoms with Gasteiger partial charge in [0.1, 0.15) is 0 Å². The number of hydrogen-bond acceptors (Lipinski definition) is 6. The maximum Gasteiger partial charge on any atom is 0.308 e. The van der Waals surface area contributed by atoms with Gasteiger partial charge in [0.2, 0.25) is 0 Å². The van der Waals surface area contributed by atoms with Crippen LogP contribution in [0.25, 0.3) is 0 Å². The van der Waals surface area contributed by atoms with Crippen molar-refractivity contribution in [3.63, 3.8) is 0 Å². The molecule has 176 valence electrons. The van der Waals surface area contributed by atoms with Gasteiger partial charge in [-0.2, -0.15) is 0 Å². The Hall–Kier alpha value is -2.03. The average molecular weight is 452 g/mol. The van der Waals surface area contributed by atoms with E-state index in [9.17, 15) is 19.8 Å². The van der Waals surface area contributed by atoms with Gasteiger partial charge in [0.25, 0.3) is 0 Å². The van der Waals surface area contributed by atoms with E-state index in [-0.39, 0.29) is 23.9 Å². The van der Waals surface area contributed by atoms with Gasteiger partial charge in [-0.3, -0.25) is 9.59 Å². The van der Waals surface area contributed by atoms with Crippen LogP contribution in [0.4, 0.5) is 0 Å². The highest BCUT2D eigenvalue weighted by Gasteiger charge is 2.19. The van der Waals surface area contributed by atoms with E-state index >= 15 is 0 Å². The number of carbonyl (C=O) groups is 2. The number of phenolic OH excluding ortho intramolecular Hbond substituents is 2. The van der Waals surface area contributed by atoms with Crippen molar-refractivity contribution < 1.29 is 35.1 Å². The number of aliphatic hydroxyl groups excluding tert-OH is 1. The van der Waals surface area contributed by atoms with Crippen LogP contribution in [0.15, 0.2) is 18.2 Å². The standard InChI is InChI=1S/C11H17NO3.2C5H10O2.ClH/c1-7(2)12-6-11(15)8-3-4-9(13)10(14)5-8;2*1-5(2,3)4(6)7;/h3-5,7,11-15H,6H2,1-2H3;2*1-3H3,(H,6,7);1H. The molecular formula is C21H38ClNO7. The lowest BCUT2D eigenvalue weighted by atomic mass is 9.98. The average Bonchev–Trinajstić information content (AvgIpc) is 2.54. The van der Waals surface area contributed by atoms with Crippen LogP contribution in [-0.4, -0.2) is 50.1 Å². The van der Waals surface area contributed by atoms with E-state index in [1.807, 2.05) is 13.8 Å². The van der Waals surface area contributed by atoms with Crippen molar-refractivity contribution >= 4 is 24.3 Å². The Labute approximate surface area is 185 Å². The summed E-state index contributed by atoms with van der Waals surface area (Å²) in [7, 11) is 0. The van der Waals surface area contributed by atoms with E-state index < -0.39 is 28.9 Å². The first kappa shape index (κ1) is 32.6. The van der Waals surface area contributed by atoms with Crippen molar-refractivity contribution in [1.29, 1.82) is 0 Å². The number of nitrogens with one attached hydrogen (secondary N) is 1. The molecule has 0 aliphatic heterocycles. The van der Waals surface area contributed by atoms with Gasteiger partial charge in [0.15, 0.2) is 11.5 Å². The molecule has 0 aliphatic carbocycles. The van der Waals surface area contributed by atoms with E-state index in [1.165, 1.54) is 12.1 Å². The summed E-state index contributed by atoms with van der Waals surface area (Å²) in [5.41, 5.74) is -0.585. The number of aliphatic hydroxyl groups is 1. The molecule has 1 unspecified atom stereocenters. The van der Waals surface area contributed by atoms with Crippen molar-refractivity contribution in [2.75, 3.05) is 6.54 Å². The number of halogens is 1. The number of rotatable bonds is 4. The molecule has 0 saturated carbocycles. The number of aromatic hydroxyl groups is 2. The molecule has 0 heterocycles. The molecule has 0 spiro atoms. The fraction of sp³-hybridized carbons (Fsp3) is 0.619. The number of aliphatic carboxylic acids is 2. The van der Waals surface area contributed by atoms with Crippen molar-refractivity contribution in [3.8, 4) is 11.5 Å². The molecule has 0 amide bonds. The smallest absolute Gasteiger partial charge is 0.308 e. The second kappa shape index (κ2) is 14.1. The number of benzene rings is 1. The minimum absolute atomic E-state index is 0. The minimum atomic E-state index is -0.757. The Bertz CT molecular complexity index is 626. The van der Waals surface area contributed by atoms with Crippen LogP contribution in [0.1, 0.15) is 67.1 Å². The van der Waals surface area contributed by atoms with Crippen molar-refractivity contribution in [1.82, 2.24) is 5.32 Å². The Morgan fingerprint density at radius 1 is 0.900 bits per heavy atom. The lowest BCUT2D eigenvalue weighted by Gasteiger charge is -2.14. The minimum Gasteiger partial charge on any atom is -0.504 e. The molecule has 0 fully saturated rings. The zero-order chi connectivity index (χ0) is 23.6. The third-order valence-corrected chi connectivity index (χ3v) is 3.39. The predicted octanol–water partition coefficient (Wildman–Crippen LogP) is 3.79. The van der Waals surface area contributed by atoms with Gasteiger partial charge in [-0.25, -0.2) is 0 Å². The number of carboxylic acid groups (broad SMARTS) is 2. The van der Waals surface area contributed by atoms with Crippen LogP contribution in [0.2, 0.25) is 0 Å². The molecule has 0 aliphatic rings. The Morgan fingerprint density at radius 2 is 1.27 bits per heavy atom. The highest BCUT2D eigenvalue weighted by molar-refractivity contribution is 5.85. The summed E-state index contributed by atoms with van der Waals surface area (Å²) in [5, 5.41) is 47.7. The summed E-state index contributed by atoms with van der Waals surface area (Å²) in [5.74, 6) is -1.90. The number of carboxylic acids is 2. The molecule has 9 heteroatoms. The van der Waals surface area contributed by atoms with Gasteiger partial charge >= 0.3 is 11.9 Å². The molecule has 0 bridgehead atoms. The van der Waals surface area contributed by atoms with Crippen molar-refractivity contribution in [3.05, 3.63) is 23.8 Å². The highest BCUT2D eigenvalue weighted by atomic mass is 35.5. The second-order valence-corrected chi connectivity index (χ2v) is 8.94. The normalized spacial score (nSPS) is 11.8. The Kier molecular flexibility index (Phi) is 15.3. The van der Waals surface area contributed by atoms with Crippen LogP contribution in [0.3, 0.4) is 0 Å². The van der Waals surface area contributed by atoms with Crippen LogP contribution in [-0.2, 0) is 9.59 Å². The molecule has 1 atom stereocenters.